The minimum absolute atomic E-state index is 0.0530. The van der Waals surface area contributed by atoms with Gasteiger partial charge in [0.05, 0.1) is 12.1 Å². The number of nitrogens with zero attached hydrogens (tertiary/aromatic N) is 1. The number of nitrogens with one attached hydrogen (secondary N) is 1. The molecule has 1 heterocycles. The first-order valence-electron chi connectivity index (χ1n) is 7.05. The zero-order valence-corrected chi connectivity index (χ0v) is 12.8. The molecule has 1 aromatic rings. The van der Waals surface area contributed by atoms with E-state index in [1.165, 1.54) is 23.1 Å². The van der Waals surface area contributed by atoms with Gasteiger partial charge in [-0.25, -0.2) is 4.39 Å². The van der Waals surface area contributed by atoms with Crippen molar-refractivity contribution in [3.63, 3.8) is 0 Å². The normalized spacial score (nSPS) is 18.7. The van der Waals surface area contributed by atoms with E-state index in [0.29, 0.717) is 0 Å². The van der Waals surface area contributed by atoms with E-state index in [1.807, 2.05) is 13.8 Å². The van der Waals surface area contributed by atoms with Crippen molar-refractivity contribution in [1.29, 1.82) is 0 Å². The van der Waals surface area contributed by atoms with E-state index in [9.17, 15) is 14.0 Å². The first-order chi connectivity index (χ1) is 9.97. The van der Waals surface area contributed by atoms with Crippen molar-refractivity contribution in [2.45, 2.75) is 45.2 Å². The maximum atomic E-state index is 13.8. The summed E-state index contributed by atoms with van der Waals surface area (Å²) in [6, 6.07) is 3.37. The standard InChI is InChI=1S/C15H18ClFN2O2/c1-3-10(4-2)19-14(20)8-13(15(19)21)18-12-6-5-9(16)7-11(12)17/h5-7,10,13,18H,3-4,8H2,1-2H3. The van der Waals surface area contributed by atoms with Crippen molar-refractivity contribution < 1.29 is 14.0 Å². The third-order valence-electron chi connectivity index (χ3n) is 3.75. The summed E-state index contributed by atoms with van der Waals surface area (Å²) in [4.78, 5) is 25.7. The third-order valence-corrected chi connectivity index (χ3v) is 3.99. The zero-order chi connectivity index (χ0) is 15.6. The molecule has 4 nitrogen and oxygen atoms in total. The molecule has 0 spiro atoms. The van der Waals surface area contributed by atoms with Gasteiger partial charge in [0.25, 0.3) is 5.91 Å². The molecule has 1 N–H and O–H groups in total. The van der Waals surface area contributed by atoms with E-state index in [4.69, 9.17) is 11.6 Å². The number of carbonyl (C=O) groups excluding carboxylic acids is 2. The van der Waals surface area contributed by atoms with Crippen molar-refractivity contribution in [2.75, 3.05) is 5.32 Å². The Balaban J connectivity index is 2.15. The van der Waals surface area contributed by atoms with E-state index in [1.54, 1.807) is 0 Å². The molecule has 0 bridgehead atoms. The number of imide groups is 1. The number of hydrogen-bond donors (Lipinski definition) is 1. The molecule has 0 radical (unpaired) electrons. The van der Waals surface area contributed by atoms with Crippen LogP contribution in [-0.4, -0.2) is 28.8 Å². The number of rotatable bonds is 5. The van der Waals surface area contributed by atoms with Gasteiger partial charge >= 0.3 is 0 Å². The largest absolute Gasteiger partial charge is 0.371 e. The Morgan fingerprint density at radius 2 is 2.05 bits per heavy atom. The maximum absolute atomic E-state index is 13.8. The first kappa shape index (κ1) is 15.8. The van der Waals surface area contributed by atoms with Gasteiger partial charge in [-0.3, -0.25) is 14.5 Å². The van der Waals surface area contributed by atoms with Crippen LogP contribution in [0.2, 0.25) is 5.02 Å². The van der Waals surface area contributed by atoms with Crippen LogP contribution in [-0.2, 0) is 9.59 Å². The highest BCUT2D eigenvalue weighted by molar-refractivity contribution is 6.30. The summed E-state index contributed by atoms with van der Waals surface area (Å²) in [5, 5.41) is 3.09. The molecule has 21 heavy (non-hydrogen) atoms. The average molecular weight is 313 g/mol. The molecular weight excluding hydrogens is 295 g/mol. The highest BCUT2D eigenvalue weighted by Gasteiger charge is 2.41. The van der Waals surface area contributed by atoms with Crippen LogP contribution in [0.1, 0.15) is 33.1 Å². The number of likely N-dealkylation sites (tertiary alicyclic amines) is 1. The van der Waals surface area contributed by atoms with Crippen LogP contribution in [0.3, 0.4) is 0 Å². The fourth-order valence-electron chi connectivity index (χ4n) is 2.60. The minimum atomic E-state index is -0.714. The molecule has 1 saturated heterocycles. The molecule has 1 fully saturated rings. The molecule has 1 aliphatic heterocycles. The first-order valence-corrected chi connectivity index (χ1v) is 7.43. The van der Waals surface area contributed by atoms with Crippen molar-refractivity contribution in [3.8, 4) is 0 Å². The molecule has 114 valence electrons. The fourth-order valence-corrected chi connectivity index (χ4v) is 2.75. The number of benzene rings is 1. The number of anilines is 1. The summed E-state index contributed by atoms with van der Waals surface area (Å²) in [7, 11) is 0. The number of carbonyl (C=O) groups is 2. The zero-order valence-electron chi connectivity index (χ0n) is 12.0. The van der Waals surface area contributed by atoms with E-state index >= 15 is 0 Å². The average Bonchev–Trinajstić information content (AvgIpc) is 2.71. The summed E-state index contributed by atoms with van der Waals surface area (Å²) in [6.07, 6.45) is 1.49. The maximum Gasteiger partial charge on any atom is 0.252 e. The Labute approximate surface area is 128 Å². The Hall–Kier alpha value is -1.62. The van der Waals surface area contributed by atoms with Crippen molar-refractivity contribution in [1.82, 2.24) is 4.90 Å². The third kappa shape index (κ3) is 3.18. The number of halogens is 2. The van der Waals surface area contributed by atoms with Gasteiger partial charge in [-0.05, 0) is 31.0 Å². The predicted molar refractivity (Wildman–Crippen MR) is 79.7 cm³/mol. The Kier molecular flexibility index (Phi) is 4.83. The van der Waals surface area contributed by atoms with Crippen LogP contribution in [0, 0.1) is 5.82 Å². The number of hydrogen-bond acceptors (Lipinski definition) is 3. The fraction of sp³-hybridized carbons (Fsp3) is 0.467. The van der Waals surface area contributed by atoms with Crippen LogP contribution < -0.4 is 5.32 Å². The molecule has 1 unspecified atom stereocenters. The summed E-state index contributed by atoms with van der Waals surface area (Å²) in [5.74, 6) is -1.03. The molecular formula is C15H18ClFN2O2. The van der Waals surface area contributed by atoms with Gasteiger partial charge in [-0.1, -0.05) is 25.4 Å². The highest BCUT2D eigenvalue weighted by atomic mass is 35.5. The van der Waals surface area contributed by atoms with Gasteiger partial charge < -0.3 is 5.32 Å². The lowest BCUT2D eigenvalue weighted by molar-refractivity contribution is -0.141. The van der Waals surface area contributed by atoms with Gasteiger partial charge in [0.15, 0.2) is 0 Å². The Morgan fingerprint density at radius 3 is 2.62 bits per heavy atom. The van der Waals surface area contributed by atoms with E-state index in [-0.39, 0.29) is 35.0 Å². The van der Waals surface area contributed by atoms with E-state index < -0.39 is 11.9 Å². The molecule has 1 aromatic carbocycles. The van der Waals surface area contributed by atoms with Gasteiger partial charge in [0, 0.05) is 11.1 Å². The second kappa shape index (κ2) is 6.43. The smallest absolute Gasteiger partial charge is 0.252 e. The van der Waals surface area contributed by atoms with Crippen LogP contribution in [0.15, 0.2) is 18.2 Å². The van der Waals surface area contributed by atoms with E-state index in [2.05, 4.69) is 5.32 Å². The monoisotopic (exact) mass is 312 g/mol. The van der Waals surface area contributed by atoms with Crippen molar-refractivity contribution in [2.24, 2.45) is 0 Å². The lowest BCUT2D eigenvalue weighted by Crippen LogP contribution is -2.41. The van der Waals surface area contributed by atoms with Gasteiger partial charge in [0.1, 0.15) is 11.9 Å². The molecule has 1 aliphatic rings. The predicted octanol–water partition coefficient (Wildman–Crippen LogP) is 3.21. The van der Waals surface area contributed by atoms with Gasteiger partial charge in [0.2, 0.25) is 5.91 Å². The second-order valence-electron chi connectivity index (χ2n) is 5.10. The summed E-state index contributed by atoms with van der Waals surface area (Å²) < 4.78 is 13.8. The lowest BCUT2D eigenvalue weighted by atomic mass is 10.1. The summed E-state index contributed by atoms with van der Waals surface area (Å²) >= 11 is 5.69. The van der Waals surface area contributed by atoms with Gasteiger partial charge in [-0.2, -0.15) is 0 Å². The molecule has 2 rings (SSSR count). The summed E-state index contributed by atoms with van der Waals surface area (Å²) in [5.41, 5.74) is 0.178. The molecule has 1 atom stereocenters. The van der Waals surface area contributed by atoms with Crippen LogP contribution >= 0.6 is 11.6 Å². The van der Waals surface area contributed by atoms with Crippen molar-refractivity contribution >= 4 is 29.1 Å². The van der Waals surface area contributed by atoms with Crippen LogP contribution in [0.5, 0.6) is 0 Å². The Morgan fingerprint density at radius 1 is 1.38 bits per heavy atom. The lowest BCUT2D eigenvalue weighted by Gasteiger charge is -2.24. The SMILES string of the molecule is CCC(CC)N1C(=O)CC(Nc2ccc(Cl)cc2F)C1=O. The molecule has 0 aromatic heterocycles. The molecule has 2 amide bonds. The van der Waals surface area contributed by atoms with Crippen molar-refractivity contribution in [3.05, 3.63) is 29.0 Å². The molecule has 6 heteroatoms. The molecule has 0 aliphatic carbocycles. The minimum Gasteiger partial charge on any atom is -0.371 e. The van der Waals surface area contributed by atoms with E-state index in [0.717, 1.165) is 12.8 Å². The van der Waals surface area contributed by atoms with Gasteiger partial charge in [-0.15, -0.1) is 0 Å². The second-order valence-corrected chi connectivity index (χ2v) is 5.53. The van der Waals surface area contributed by atoms with Crippen LogP contribution in [0.25, 0.3) is 0 Å². The number of amides is 2. The Bertz CT molecular complexity index is 561. The summed E-state index contributed by atoms with van der Waals surface area (Å²) in [6.45, 7) is 3.88. The quantitative estimate of drug-likeness (QED) is 0.849. The molecule has 0 saturated carbocycles. The topological polar surface area (TPSA) is 49.4 Å². The highest BCUT2D eigenvalue weighted by Crippen LogP contribution is 2.25. The van der Waals surface area contributed by atoms with Crippen LogP contribution in [0.4, 0.5) is 10.1 Å².